The van der Waals surface area contributed by atoms with Crippen LogP contribution in [-0.2, 0) is 0 Å². The minimum absolute atomic E-state index is 0.172. The second kappa shape index (κ2) is 5.01. The van der Waals surface area contributed by atoms with Crippen LogP contribution in [0.5, 0.6) is 5.75 Å². The minimum atomic E-state index is -2.66. The van der Waals surface area contributed by atoms with Crippen LogP contribution in [0.1, 0.15) is 0 Å². The van der Waals surface area contributed by atoms with Crippen LogP contribution in [0.15, 0.2) is 22.7 Å². The number of benzene rings is 1. The first-order valence-corrected chi connectivity index (χ1v) is 4.65. The van der Waals surface area contributed by atoms with E-state index < -0.39 is 18.0 Å². The zero-order valence-electron chi connectivity index (χ0n) is 7.32. The zero-order valence-corrected chi connectivity index (χ0v) is 8.91. The quantitative estimate of drug-likeness (QED) is 0.630. The van der Waals surface area contributed by atoms with Crippen molar-refractivity contribution in [2.45, 2.75) is 6.43 Å². The fourth-order valence-electron chi connectivity index (χ4n) is 0.942. The van der Waals surface area contributed by atoms with Crippen molar-refractivity contribution in [3.05, 3.63) is 32.8 Å². The molecular weight excluding hydrogens is 276 g/mol. The summed E-state index contributed by atoms with van der Waals surface area (Å²) in [6, 6.07) is 4.18. The highest BCUT2D eigenvalue weighted by molar-refractivity contribution is 9.10. The van der Waals surface area contributed by atoms with Crippen molar-refractivity contribution < 1.29 is 18.4 Å². The van der Waals surface area contributed by atoms with Gasteiger partial charge >= 0.3 is 5.69 Å². The van der Waals surface area contributed by atoms with E-state index in [1.54, 1.807) is 0 Å². The predicted octanol–water partition coefficient (Wildman–Crippen LogP) is 3.00. The van der Waals surface area contributed by atoms with Crippen LogP contribution in [0, 0.1) is 10.1 Å². The van der Waals surface area contributed by atoms with Gasteiger partial charge in [0, 0.05) is 0 Å². The average molecular weight is 282 g/mol. The summed E-state index contributed by atoms with van der Waals surface area (Å²) >= 11 is 2.95. The van der Waals surface area contributed by atoms with Crippen molar-refractivity contribution in [1.82, 2.24) is 0 Å². The topological polar surface area (TPSA) is 52.4 Å². The Hall–Kier alpha value is -1.24. The van der Waals surface area contributed by atoms with Crippen LogP contribution in [-0.4, -0.2) is 18.0 Å². The molecule has 82 valence electrons. The van der Waals surface area contributed by atoms with E-state index in [0.29, 0.717) is 0 Å². The molecule has 0 aliphatic rings. The van der Waals surface area contributed by atoms with Crippen molar-refractivity contribution in [2.24, 2.45) is 0 Å². The van der Waals surface area contributed by atoms with E-state index in [0.717, 1.165) is 0 Å². The Morgan fingerprint density at radius 3 is 2.73 bits per heavy atom. The lowest BCUT2D eigenvalue weighted by Gasteiger charge is -2.06. The van der Waals surface area contributed by atoms with Crippen LogP contribution in [0.2, 0.25) is 0 Å². The summed E-state index contributed by atoms with van der Waals surface area (Å²) in [6.45, 7) is -0.864. The predicted molar refractivity (Wildman–Crippen MR) is 52.3 cm³/mol. The highest BCUT2D eigenvalue weighted by Gasteiger charge is 2.20. The summed E-state index contributed by atoms with van der Waals surface area (Å²) in [5.74, 6) is -0.172. The van der Waals surface area contributed by atoms with Gasteiger partial charge in [-0.1, -0.05) is 6.07 Å². The van der Waals surface area contributed by atoms with Crippen LogP contribution in [0.4, 0.5) is 14.5 Å². The molecule has 0 aliphatic carbocycles. The SMILES string of the molecule is O=[N+]([O-])c1c(Br)cccc1OCC(F)F. The highest BCUT2D eigenvalue weighted by Crippen LogP contribution is 2.34. The maximum atomic E-state index is 11.8. The fourth-order valence-corrected chi connectivity index (χ4v) is 1.43. The van der Waals surface area contributed by atoms with Crippen molar-refractivity contribution >= 4 is 21.6 Å². The van der Waals surface area contributed by atoms with Crippen molar-refractivity contribution in [3.8, 4) is 5.75 Å². The summed E-state index contributed by atoms with van der Waals surface area (Å²) in [5.41, 5.74) is -0.349. The van der Waals surface area contributed by atoms with Gasteiger partial charge in [-0.15, -0.1) is 0 Å². The molecule has 0 spiro atoms. The van der Waals surface area contributed by atoms with Crippen LogP contribution < -0.4 is 4.74 Å². The monoisotopic (exact) mass is 281 g/mol. The first kappa shape index (κ1) is 11.8. The molecule has 0 radical (unpaired) electrons. The standard InChI is InChI=1S/C8H6BrF2NO3/c9-5-2-1-3-6(8(5)12(13)14)15-4-7(10)11/h1-3,7H,4H2. The molecule has 0 N–H and O–H groups in total. The van der Waals surface area contributed by atoms with Gasteiger partial charge in [0.2, 0.25) is 0 Å². The summed E-state index contributed by atoms with van der Waals surface area (Å²) < 4.78 is 28.5. The molecule has 1 aromatic rings. The molecule has 0 aliphatic heterocycles. The number of ether oxygens (including phenoxy) is 1. The number of rotatable bonds is 4. The molecule has 0 amide bonds. The van der Waals surface area contributed by atoms with E-state index in [9.17, 15) is 18.9 Å². The third kappa shape index (κ3) is 3.12. The molecule has 15 heavy (non-hydrogen) atoms. The summed E-state index contributed by atoms with van der Waals surface area (Å²) in [6.07, 6.45) is -2.66. The number of para-hydroxylation sites is 1. The summed E-state index contributed by atoms with van der Waals surface area (Å²) in [7, 11) is 0. The van der Waals surface area contributed by atoms with Crippen molar-refractivity contribution in [2.75, 3.05) is 6.61 Å². The fraction of sp³-hybridized carbons (Fsp3) is 0.250. The van der Waals surface area contributed by atoms with Gasteiger partial charge < -0.3 is 4.74 Å². The third-order valence-corrected chi connectivity index (χ3v) is 2.14. The molecule has 1 rings (SSSR count). The van der Waals surface area contributed by atoms with E-state index in [1.807, 2.05) is 0 Å². The molecule has 7 heteroatoms. The van der Waals surface area contributed by atoms with E-state index in [2.05, 4.69) is 20.7 Å². The molecule has 0 fully saturated rings. The van der Waals surface area contributed by atoms with Crippen LogP contribution >= 0.6 is 15.9 Å². The maximum absolute atomic E-state index is 11.8. The largest absolute Gasteiger partial charge is 0.481 e. The lowest BCUT2D eigenvalue weighted by molar-refractivity contribution is -0.386. The minimum Gasteiger partial charge on any atom is -0.481 e. The number of nitrogens with zero attached hydrogens (tertiary/aromatic N) is 1. The molecule has 0 saturated carbocycles. The van der Waals surface area contributed by atoms with Gasteiger partial charge in [-0.25, -0.2) is 8.78 Å². The van der Waals surface area contributed by atoms with Crippen LogP contribution in [0.25, 0.3) is 0 Å². The molecule has 4 nitrogen and oxygen atoms in total. The van der Waals surface area contributed by atoms with Crippen LogP contribution in [0.3, 0.4) is 0 Å². The Balaban J connectivity index is 2.96. The Bertz CT molecular complexity index is 373. The number of nitro groups is 1. The molecule has 0 unspecified atom stereocenters. The molecule has 0 heterocycles. The average Bonchev–Trinajstić information content (AvgIpc) is 2.13. The molecule has 0 atom stereocenters. The molecule has 0 bridgehead atoms. The number of hydrogen-bond donors (Lipinski definition) is 0. The first-order chi connectivity index (χ1) is 7.02. The van der Waals surface area contributed by atoms with Crippen molar-refractivity contribution in [1.29, 1.82) is 0 Å². The summed E-state index contributed by atoms with van der Waals surface area (Å²) in [4.78, 5) is 9.91. The molecular formula is C8H6BrF2NO3. The van der Waals surface area contributed by atoms with Gasteiger partial charge in [-0.05, 0) is 28.1 Å². The number of alkyl halides is 2. The van der Waals surface area contributed by atoms with Gasteiger partial charge in [0.1, 0.15) is 6.61 Å². The Labute approximate surface area is 92.1 Å². The Kier molecular flexibility index (Phi) is 3.96. The van der Waals surface area contributed by atoms with Gasteiger partial charge in [0.15, 0.2) is 5.75 Å². The Morgan fingerprint density at radius 2 is 2.20 bits per heavy atom. The van der Waals surface area contributed by atoms with Gasteiger partial charge in [-0.3, -0.25) is 10.1 Å². The van der Waals surface area contributed by atoms with E-state index in [-0.39, 0.29) is 15.9 Å². The lowest BCUT2D eigenvalue weighted by atomic mass is 10.3. The number of hydrogen-bond acceptors (Lipinski definition) is 3. The highest BCUT2D eigenvalue weighted by atomic mass is 79.9. The smallest absolute Gasteiger partial charge is 0.324 e. The third-order valence-electron chi connectivity index (χ3n) is 1.50. The number of halogens is 3. The Morgan fingerprint density at radius 1 is 1.53 bits per heavy atom. The van der Waals surface area contributed by atoms with Gasteiger partial charge in [0.05, 0.1) is 9.40 Å². The van der Waals surface area contributed by atoms with Gasteiger partial charge in [0.25, 0.3) is 6.43 Å². The van der Waals surface area contributed by atoms with Crippen molar-refractivity contribution in [3.63, 3.8) is 0 Å². The second-order valence-corrected chi connectivity index (χ2v) is 3.40. The second-order valence-electron chi connectivity index (χ2n) is 2.55. The summed E-state index contributed by atoms with van der Waals surface area (Å²) in [5, 5.41) is 10.6. The molecule has 0 saturated heterocycles. The number of nitro benzene ring substituents is 1. The molecule has 1 aromatic carbocycles. The maximum Gasteiger partial charge on any atom is 0.324 e. The normalized spacial score (nSPS) is 10.4. The lowest BCUT2D eigenvalue weighted by Crippen LogP contribution is -2.08. The van der Waals surface area contributed by atoms with E-state index in [1.165, 1.54) is 18.2 Å². The molecule has 0 aromatic heterocycles. The first-order valence-electron chi connectivity index (χ1n) is 3.86. The zero-order chi connectivity index (χ0) is 11.4. The van der Waals surface area contributed by atoms with E-state index in [4.69, 9.17) is 0 Å². The van der Waals surface area contributed by atoms with Gasteiger partial charge in [-0.2, -0.15) is 0 Å². The van der Waals surface area contributed by atoms with E-state index >= 15 is 0 Å².